The number of imidazole rings is 1. The van der Waals surface area contributed by atoms with Gasteiger partial charge in [-0.25, -0.2) is 26.9 Å². The largest absolute Gasteiger partial charge is 0.456 e. The van der Waals surface area contributed by atoms with Crippen LogP contribution in [0.15, 0.2) is 30.5 Å². The number of hydrogen-bond donors (Lipinski definition) is 0. The molecule has 2 heterocycles. The average Bonchev–Trinajstić information content (AvgIpc) is 3.22. The van der Waals surface area contributed by atoms with Crippen molar-refractivity contribution in [3.63, 3.8) is 0 Å². The molecule has 0 unspecified atom stereocenters. The van der Waals surface area contributed by atoms with Gasteiger partial charge in [0.05, 0.1) is 16.8 Å². The fourth-order valence-electron chi connectivity index (χ4n) is 2.71. The Hall–Kier alpha value is -2.89. The van der Waals surface area contributed by atoms with Gasteiger partial charge in [-0.1, -0.05) is 12.1 Å². The Morgan fingerprint density at radius 1 is 1.17 bits per heavy atom. The first-order valence-electron chi connectivity index (χ1n) is 8.86. The third-order valence-corrected chi connectivity index (χ3v) is 5.60. The van der Waals surface area contributed by atoms with Gasteiger partial charge in [0.25, 0.3) is 0 Å². The number of rotatable bonds is 4. The van der Waals surface area contributed by atoms with Gasteiger partial charge in [0.2, 0.25) is 16.0 Å². The van der Waals surface area contributed by atoms with E-state index in [-0.39, 0.29) is 16.8 Å². The molecule has 0 aliphatic carbocycles. The molecule has 1 aromatic carbocycles. The minimum Gasteiger partial charge on any atom is -0.456 e. The number of aromatic nitrogens is 4. The highest BCUT2D eigenvalue weighted by Gasteiger charge is 2.41. The maximum atomic E-state index is 13.5. The number of ether oxygens (including phenoxy) is 1. The zero-order chi connectivity index (χ0) is 22.5. The van der Waals surface area contributed by atoms with Crippen LogP contribution in [0.5, 0.6) is 0 Å². The van der Waals surface area contributed by atoms with E-state index in [1.165, 1.54) is 39.8 Å². The van der Waals surface area contributed by atoms with Crippen LogP contribution in [0.3, 0.4) is 0 Å². The number of fused-ring (bicyclic) bond motifs is 1. The van der Waals surface area contributed by atoms with Gasteiger partial charge >= 0.3 is 12.1 Å². The Morgan fingerprint density at radius 3 is 2.37 bits per heavy atom. The molecule has 0 saturated carbocycles. The highest BCUT2D eigenvalue weighted by Crippen LogP contribution is 2.33. The molecule has 0 spiro atoms. The van der Waals surface area contributed by atoms with Gasteiger partial charge in [-0.15, -0.1) is 0 Å². The van der Waals surface area contributed by atoms with Crippen LogP contribution in [0.1, 0.15) is 43.7 Å². The second-order valence-corrected chi connectivity index (χ2v) is 9.51. The van der Waals surface area contributed by atoms with Crippen molar-refractivity contribution < 1.29 is 31.1 Å². The predicted octanol–water partition coefficient (Wildman–Crippen LogP) is 3.39. The van der Waals surface area contributed by atoms with Gasteiger partial charge in [-0.3, -0.25) is 0 Å². The molecule has 162 valence electrons. The molecule has 30 heavy (non-hydrogen) atoms. The van der Waals surface area contributed by atoms with Crippen LogP contribution >= 0.6 is 0 Å². The van der Waals surface area contributed by atoms with Crippen LogP contribution in [0.4, 0.5) is 13.2 Å². The normalized spacial score (nSPS) is 13.0. The number of hydrogen-bond acceptors (Lipinski definition) is 6. The van der Waals surface area contributed by atoms with Crippen molar-refractivity contribution in [2.24, 2.45) is 0 Å². The van der Waals surface area contributed by atoms with E-state index >= 15 is 0 Å². The molecular weight excluding hydrogens is 425 g/mol. The van der Waals surface area contributed by atoms with Gasteiger partial charge in [-0.05, 0) is 39.8 Å². The smallest absolute Gasteiger partial charge is 0.436 e. The summed E-state index contributed by atoms with van der Waals surface area (Å²) in [5.41, 5.74) is -2.96. The van der Waals surface area contributed by atoms with Crippen LogP contribution in [-0.2, 0) is 20.9 Å². The Morgan fingerprint density at radius 2 is 1.80 bits per heavy atom. The molecule has 3 aromatic rings. The number of halogens is 3. The van der Waals surface area contributed by atoms with Crippen molar-refractivity contribution in [3.8, 4) is 5.95 Å². The fourth-order valence-corrected chi connectivity index (χ4v) is 3.79. The number of carbonyl (C=O) groups excluding carboxylic acids is 1. The molecule has 0 aliphatic rings. The first-order chi connectivity index (χ1) is 13.7. The van der Waals surface area contributed by atoms with E-state index in [1.54, 1.807) is 12.1 Å². The summed E-state index contributed by atoms with van der Waals surface area (Å²) in [7, 11) is -3.95. The summed E-state index contributed by atoms with van der Waals surface area (Å²) in [6.07, 6.45) is -4.20. The van der Waals surface area contributed by atoms with E-state index in [4.69, 9.17) is 4.74 Å². The summed E-state index contributed by atoms with van der Waals surface area (Å²) in [5, 5.41) is 3.45. The molecule has 3 rings (SSSR count). The van der Waals surface area contributed by atoms with E-state index in [0.717, 1.165) is 10.2 Å². The van der Waals surface area contributed by atoms with E-state index in [2.05, 4.69) is 10.1 Å². The van der Waals surface area contributed by atoms with E-state index in [1.807, 2.05) is 0 Å². The summed E-state index contributed by atoms with van der Waals surface area (Å²) >= 11 is 0. The lowest BCUT2D eigenvalue weighted by atomic mass is 10.2. The zero-order valence-electron chi connectivity index (χ0n) is 16.6. The third kappa shape index (κ3) is 4.04. The molecule has 0 radical (unpaired) electrons. The maximum absolute atomic E-state index is 13.5. The Labute approximate surface area is 170 Å². The highest BCUT2D eigenvalue weighted by atomic mass is 32.2. The van der Waals surface area contributed by atoms with Crippen LogP contribution in [0.25, 0.3) is 17.0 Å². The van der Waals surface area contributed by atoms with Gasteiger partial charge in [0.15, 0.2) is 5.69 Å². The SMILES string of the molecule is CCS(=O)(=O)n1c(-n2cc(C(=O)OC(C)(C)C)c(C(F)(F)F)n2)nc2ccccc21. The van der Waals surface area contributed by atoms with Crippen molar-refractivity contribution in [1.82, 2.24) is 18.7 Å². The van der Waals surface area contributed by atoms with Crippen LogP contribution < -0.4 is 0 Å². The number of para-hydroxylation sites is 2. The first-order valence-corrected chi connectivity index (χ1v) is 10.5. The standard InChI is InChI=1S/C18H19F3N4O4S/c1-5-30(27,28)25-13-9-7-6-8-12(13)22-16(25)24-10-11(14(23-24)18(19,20)21)15(26)29-17(2,3)4/h6-10H,5H2,1-4H3. The van der Waals surface area contributed by atoms with Gasteiger partial charge < -0.3 is 4.74 Å². The first kappa shape index (κ1) is 21.8. The average molecular weight is 444 g/mol. The number of nitrogens with zero attached hydrogens (tertiary/aromatic N) is 4. The molecule has 0 aliphatic heterocycles. The van der Waals surface area contributed by atoms with Crippen molar-refractivity contribution in [3.05, 3.63) is 41.7 Å². The van der Waals surface area contributed by atoms with Crippen LogP contribution in [0, 0.1) is 0 Å². The van der Waals surface area contributed by atoms with Gasteiger partial charge in [0, 0.05) is 6.20 Å². The Kier molecular flexibility index (Phi) is 5.17. The molecule has 0 atom stereocenters. The highest BCUT2D eigenvalue weighted by molar-refractivity contribution is 7.90. The fraction of sp³-hybridized carbons (Fsp3) is 0.389. The number of esters is 1. The summed E-state index contributed by atoms with van der Waals surface area (Å²) in [6, 6.07) is 6.18. The number of carbonyl (C=O) groups is 1. The molecule has 0 saturated heterocycles. The topological polar surface area (TPSA) is 96.1 Å². The molecule has 8 nitrogen and oxygen atoms in total. The molecule has 2 aromatic heterocycles. The van der Waals surface area contributed by atoms with Crippen LogP contribution in [0.2, 0.25) is 0 Å². The second kappa shape index (κ2) is 7.11. The molecule has 0 N–H and O–H groups in total. The molecular formula is C18H19F3N4O4S. The summed E-state index contributed by atoms with van der Waals surface area (Å²) in [6.45, 7) is 5.92. The van der Waals surface area contributed by atoms with Crippen molar-refractivity contribution >= 4 is 27.0 Å². The van der Waals surface area contributed by atoms with Crippen molar-refractivity contribution in [2.75, 3.05) is 5.75 Å². The molecule has 0 fully saturated rings. The minimum atomic E-state index is -4.97. The number of benzene rings is 1. The summed E-state index contributed by atoms with van der Waals surface area (Å²) in [5.74, 6) is -1.95. The number of alkyl halides is 3. The van der Waals surface area contributed by atoms with Gasteiger partial charge in [0.1, 0.15) is 11.2 Å². The zero-order valence-corrected chi connectivity index (χ0v) is 17.4. The van der Waals surface area contributed by atoms with Crippen molar-refractivity contribution in [1.29, 1.82) is 0 Å². The molecule has 0 bridgehead atoms. The quantitative estimate of drug-likeness (QED) is 0.573. The lowest BCUT2D eigenvalue weighted by Crippen LogP contribution is -2.25. The lowest BCUT2D eigenvalue weighted by molar-refractivity contribution is -0.142. The van der Waals surface area contributed by atoms with E-state index in [9.17, 15) is 26.4 Å². The van der Waals surface area contributed by atoms with E-state index < -0.39 is 45.0 Å². The Balaban J connectivity index is 2.29. The van der Waals surface area contributed by atoms with Crippen LogP contribution in [-0.4, -0.2) is 44.5 Å². The summed E-state index contributed by atoms with van der Waals surface area (Å²) < 4.78 is 72.4. The third-order valence-electron chi connectivity index (χ3n) is 3.95. The second-order valence-electron chi connectivity index (χ2n) is 7.40. The summed E-state index contributed by atoms with van der Waals surface area (Å²) in [4.78, 5) is 16.5. The van der Waals surface area contributed by atoms with E-state index in [0.29, 0.717) is 4.68 Å². The lowest BCUT2D eigenvalue weighted by Gasteiger charge is -2.19. The Bertz CT molecular complexity index is 1220. The van der Waals surface area contributed by atoms with Crippen molar-refractivity contribution in [2.45, 2.75) is 39.5 Å². The predicted molar refractivity (Wildman–Crippen MR) is 102 cm³/mol. The molecule has 0 amide bonds. The minimum absolute atomic E-state index is 0.178. The van der Waals surface area contributed by atoms with Gasteiger partial charge in [-0.2, -0.15) is 18.3 Å². The maximum Gasteiger partial charge on any atom is 0.436 e. The molecule has 12 heteroatoms. The monoisotopic (exact) mass is 444 g/mol.